The molecular formula is C16H20O9. The number of esters is 1. The molecule has 1 aromatic rings. The molecule has 0 radical (unpaired) electrons. The summed E-state index contributed by atoms with van der Waals surface area (Å²) in [6.07, 6.45) is -6.24. The Labute approximate surface area is 143 Å². The summed E-state index contributed by atoms with van der Waals surface area (Å²) >= 11 is 0. The first-order chi connectivity index (χ1) is 11.9. The van der Waals surface area contributed by atoms with Crippen molar-refractivity contribution in [2.24, 2.45) is 0 Å². The summed E-state index contributed by atoms with van der Waals surface area (Å²) in [6.45, 7) is -0.625. The topological polar surface area (TPSA) is 146 Å². The van der Waals surface area contributed by atoms with Crippen molar-refractivity contribution in [3.63, 3.8) is 0 Å². The summed E-state index contributed by atoms with van der Waals surface area (Å²) in [5.41, 5.74) is 0.489. The smallest absolute Gasteiger partial charge is 0.373 e. The van der Waals surface area contributed by atoms with E-state index in [0.29, 0.717) is 5.56 Å². The molecule has 0 spiro atoms. The number of rotatable bonds is 5. The highest BCUT2D eigenvalue weighted by Gasteiger charge is 2.45. The molecule has 9 nitrogen and oxygen atoms in total. The van der Waals surface area contributed by atoms with Crippen molar-refractivity contribution in [3.05, 3.63) is 35.6 Å². The summed E-state index contributed by atoms with van der Waals surface area (Å²) in [7, 11) is 1.13. The molecule has 1 heterocycles. The lowest BCUT2D eigenvalue weighted by Gasteiger charge is -2.39. The van der Waals surface area contributed by atoms with E-state index in [1.807, 2.05) is 0 Å². The maximum atomic E-state index is 11.9. The number of phenols is 1. The third kappa shape index (κ3) is 4.47. The number of ether oxygens (including phenoxy) is 3. The second-order valence-corrected chi connectivity index (χ2v) is 5.41. The van der Waals surface area contributed by atoms with Gasteiger partial charge in [0.1, 0.15) is 30.2 Å². The van der Waals surface area contributed by atoms with E-state index < -0.39 is 43.3 Å². The first kappa shape index (κ1) is 19.2. The molecule has 0 aromatic heterocycles. The lowest BCUT2D eigenvalue weighted by atomic mass is 9.99. The molecule has 5 atom stereocenters. The molecule has 1 fully saturated rings. The van der Waals surface area contributed by atoms with Crippen molar-refractivity contribution >= 4 is 12.0 Å². The number of carbonyl (C=O) groups is 1. The average Bonchev–Trinajstić information content (AvgIpc) is 2.62. The van der Waals surface area contributed by atoms with E-state index in [0.717, 1.165) is 7.11 Å². The molecular weight excluding hydrogens is 336 g/mol. The lowest BCUT2D eigenvalue weighted by molar-refractivity contribution is -0.291. The van der Waals surface area contributed by atoms with E-state index in [9.17, 15) is 30.3 Å². The zero-order valence-electron chi connectivity index (χ0n) is 13.3. The summed E-state index contributed by atoms with van der Waals surface area (Å²) in [4.78, 5) is 11.9. The quantitative estimate of drug-likeness (QED) is 0.247. The Hall–Kier alpha value is -2.17. The van der Waals surface area contributed by atoms with E-state index >= 15 is 0 Å². The Morgan fingerprint density at radius 1 is 1.16 bits per heavy atom. The van der Waals surface area contributed by atoms with Crippen molar-refractivity contribution in [2.45, 2.75) is 30.7 Å². The van der Waals surface area contributed by atoms with Crippen LogP contribution in [0.15, 0.2) is 30.0 Å². The summed E-state index contributed by atoms with van der Waals surface area (Å²) in [6, 6.07) is 5.81. The summed E-state index contributed by atoms with van der Waals surface area (Å²) < 4.78 is 15.1. The number of phenolic OH excluding ortho intramolecular Hbond substituents is 1. The normalized spacial score (nSPS) is 30.0. The highest BCUT2D eigenvalue weighted by Crippen LogP contribution is 2.25. The van der Waals surface area contributed by atoms with Gasteiger partial charge in [0.15, 0.2) is 0 Å². The molecule has 0 unspecified atom stereocenters. The molecule has 0 saturated carbocycles. The molecule has 0 bridgehead atoms. The number of benzene rings is 1. The molecule has 1 aliphatic rings. The Bertz CT molecular complexity index is 611. The number of aliphatic hydroxyl groups excluding tert-OH is 4. The van der Waals surface area contributed by atoms with Gasteiger partial charge in [-0.3, -0.25) is 0 Å². The van der Waals surface area contributed by atoms with Crippen molar-refractivity contribution < 1.29 is 44.5 Å². The predicted molar refractivity (Wildman–Crippen MR) is 83.0 cm³/mol. The number of methoxy groups -OCH3 is 1. The number of hydrogen-bond acceptors (Lipinski definition) is 9. The second kappa shape index (κ2) is 8.28. The van der Waals surface area contributed by atoms with Crippen LogP contribution in [0, 0.1) is 0 Å². The minimum atomic E-state index is -1.66. The first-order valence-electron chi connectivity index (χ1n) is 7.43. The minimum Gasteiger partial charge on any atom is -0.508 e. The SMILES string of the molecule is COC(=O)/C(=C/c1ccc(O)cc1)O[C@@H]1O[C@H](CO)[C@@H](O)[C@H](O)[C@H]1O. The maximum Gasteiger partial charge on any atom is 0.373 e. The van der Waals surface area contributed by atoms with Gasteiger partial charge in [0.05, 0.1) is 13.7 Å². The Morgan fingerprint density at radius 2 is 1.80 bits per heavy atom. The van der Waals surface area contributed by atoms with Crippen molar-refractivity contribution in [3.8, 4) is 5.75 Å². The van der Waals surface area contributed by atoms with Gasteiger partial charge in [-0.05, 0) is 23.8 Å². The van der Waals surface area contributed by atoms with Crippen LogP contribution in [0.1, 0.15) is 5.56 Å². The third-order valence-electron chi connectivity index (χ3n) is 3.67. The maximum absolute atomic E-state index is 11.9. The summed E-state index contributed by atoms with van der Waals surface area (Å²) in [5.74, 6) is -1.17. The van der Waals surface area contributed by atoms with E-state index in [1.54, 1.807) is 0 Å². The van der Waals surface area contributed by atoms with E-state index in [4.69, 9.17) is 9.47 Å². The average molecular weight is 356 g/mol. The largest absolute Gasteiger partial charge is 0.508 e. The molecule has 1 aromatic carbocycles. The fourth-order valence-electron chi connectivity index (χ4n) is 2.25. The zero-order valence-corrected chi connectivity index (χ0v) is 13.3. The molecule has 25 heavy (non-hydrogen) atoms. The molecule has 1 aliphatic heterocycles. The minimum absolute atomic E-state index is 0.0339. The number of aromatic hydroxyl groups is 1. The number of carbonyl (C=O) groups excluding carboxylic acids is 1. The van der Waals surface area contributed by atoms with Crippen LogP contribution in [0.3, 0.4) is 0 Å². The monoisotopic (exact) mass is 356 g/mol. The van der Waals surface area contributed by atoms with Gasteiger partial charge in [-0.2, -0.15) is 0 Å². The van der Waals surface area contributed by atoms with Crippen LogP contribution in [0.4, 0.5) is 0 Å². The molecule has 5 N–H and O–H groups in total. The molecule has 9 heteroatoms. The van der Waals surface area contributed by atoms with Crippen molar-refractivity contribution in [2.75, 3.05) is 13.7 Å². The molecule has 2 rings (SSSR count). The van der Waals surface area contributed by atoms with Gasteiger partial charge in [0.25, 0.3) is 0 Å². The zero-order chi connectivity index (χ0) is 18.6. The van der Waals surface area contributed by atoms with Gasteiger partial charge in [-0.25, -0.2) is 4.79 Å². The van der Waals surface area contributed by atoms with Crippen LogP contribution in [0.25, 0.3) is 6.08 Å². The fraction of sp³-hybridized carbons (Fsp3) is 0.438. The van der Waals surface area contributed by atoms with Gasteiger partial charge in [-0.15, -0.1) is 0 Å². The van der Waals surface area contributed by atoms with E-state index in [2.05, 4.69) is 4.74 Å². The van der Waals surface area contributed by atoms with Gasteiger partial charge in [0.2, 0.25) is 12.0 Å². The van der Waals surface area contributed by atoms with Crippen molar-refractivity contribution in [1.82, 2.24) is 0 Å². The molecule has 0 amide bonds. The Balaban J connectivity index is 2.24. The standard InChI is InChI=1S/C16H20O9/c1-23-15(22)10(6-8-2-4-9(18)5-3-8)24-16-14(21)13(20)12(19)11(7-17)25-16/h2-6,11-14,16-21H,7H2,1H3/b10-6-/t11-,12-,13+,14-,16-/m1/s1. The molecule has 1 saturated heterocycles. The predicted octanol–water partition coefficient (Wildman–Crippen LogP) is -1.28. The highest BCUT2D eigenvalue weighted by molar-refractivity contribution is 5.91. The second-order valence-electron chi connectivity index (χ2n) is 5.41. The fourth-order valence-corrected chi connectivity index (χ4v) is 2.25. The number of hydrogen-bond donors (Lipinski definition) is 5. The first-order valence-corrected chi connectivity index (χ1v) is 7.43. The summed E-state index contributed by atoms with van der Waals surface area (Å²) in [5, 5.41) is 47.9. The van der Waals surface area contributed by atoms with Gasteiger partial charge >= 0.3 is 5.97 Å². The van der Waals surface area contributed by atoms with Crippen LogP contribution < -0.4 is 0 Å². The van der Waals surface area contributed by atoms with Gasteiger partial charge < -0.3 is 39.7 Å². The van der Waals surface area contributed by atoms with Gasteiger partial charge in [0, 0.05) is 0 Å². The van der Waals surface area contributed by atoms with E-state index in [1.165, 1.54) is 30.3 Å². The molecule has 0 aliphatic carbocycles. The third-order valence-corrected chi connectivity index (χ3v) is 3.67. The van der Waals surface area contributed by atoms with Crippen molar-refractivity contribution in [1.29, 1.82) is 0 Å². The van der Waals surface area contributed by atoms with E-state index in [-0.39, 0.29) is 11.5 Å². The van der Waals surface area contributed by atoms with Gasteiger partial charge in [-0.1, -0.05) is 12.1 Å². The van der Waals surface area contributed by atoms with Crippen LogP contribution >= 0.6 is 0 Å². The van der Waals surface area contributed by atoms with Crippen LogP contribution in [-0.2, 0) is 19.0 Å². The van der Waals surface area contributed by atoms with Crippen LogP contribution in [0.2, 0.25) is 0 Å². The highest BCUT2D eigenvalue weighted by atomic mass is 16.7. The Morgan fingerprint density at radius 3 is 2.36 bits per heavy atom. The van der Waals surface area contributed by atoms with Crippen LogP contribution in [0.5, 0.6) is 5.75 Å². The van der Waals surface area contributed by atoms with Crippen LogP contribution in [-0.4, -0.2) is 75.9 Å². The molecule has 138 valence electrons. The Kier molecular flexibility index (Phi) is 6.34. The number of aliphatic hydroxyl groups is 4. The lowest BCUT2D eigenvalue weighted by Crippen LogP contribution is -2.59.